The lowest BCUT2D eigenvalue weighted by atomic mass is 10.1. The molecule has 0 saturated heterocycles. The van der Waals surface area contributed by atoms with Gasteiger partial charge in [0, 0.05) is 8.96 Å². The molecular weight excluding hydrogens is 341 g/mol. The van der Waals surface area contributed by atoms with E-state index < -0.39 is 0 Å². The zero-order chi connectivity index (χ0) is 9.42. The van der Waals surface area contributed by atoms with Crippen LogP contribution in [-0.4, -0.2) is 4.98 Å². The highest BCUT2D eigenvalue weighted by Crippen LogP contribution is 2.22. The number of halogens is 2. The first-order chi connectivity index (χ1) is 6.16. The smallest absolute Gasteiger partial charge is 0.107 e. The average Bonchev–Trinajstić information content (AvgIpc) is 2.06. The zero-order valence-electron chi connectivity index (χ0n) is 7.01. The van der Waals surface area contributed by atoms with E-state index >= 15 is 0 Å². The van der Waals surface area contributed by atoms with E-state index in [1.807, 2.05) is 6.07 Å². The Kier molecular flexibility index (Phi) is 2.55. The van der Waals surface area contributed by atoms with Gasteiger partial charge in [-0.2, -0.15) is 0 Å². The normalized spacial score (nSPS) is 10.7. The average molecular weight is 348 g/mol. The van der Waals surface area contributed by atoms with Gasteiger partial charge in [-0.3, -0.25) is 0 Å². The van der Waals surface area contributed by atoms with Crippen LogP contribution in [0.1, 0.15) is 5.56 Å². The van der Waals surface area contributed by atoms with Crippen LogP contribution in [0.15, 0.2) is 28.9 Å². The number of hydrogen-bond donors (Lipinski definition) is 0. The van der Waals surface area contributed by atoms with Crippen molar-refractivity contribution in [2.24, 2.45) is 0 Å². The van der Waals surface area contributed by atoms with Crippen LogP contribution >= 0.6 is 38.5 Å². The maximum absolute atomic E-state index is 4.39. The van der Waals surface area contributed by atoms with E-state index in [9.17, 15) is 0 Å². The Labute approximate surface area is 98.8 Å². The standard InChI is InChI=1S/C10H7BrIN/c1-6-4-10(11)13-9-3-2-7(12)5-8(6)9/h2-5H,1H3. The number of pyridine rings is 1. The molecule has 0 aliphatic carbocycles. The summed E-state index contributed by atoms with van der Waals surface area (Å²) in [4.78, 5) is 4.39. The molecule has 0 unspecified atom stereocenters. The molecule has 0 atom stereocenters. The van der Waals surface area contributed by atoms with E-state index in [1.165, 1.54) is 14.5 Å². The van der Waals surface area contributed by atoms with Crippen molar-refractivity contribution in [3.05, 3.63) is 38.0 Å². The Morgan fingerprint density at radius 1 is 1.31 bits per heavy atom. The lowest BCUT2D eigenvalue weighted by Crippen LogP contribution is -1.85. The SMILES string of the molecule is Cc1cc(Br)nc2ccc(I)cc12. The summed E-state index contributed by atoms with van der Waals surface area (Å²) in [5, 5.41) is 1.23. The minimum Gasteiger partial charge on any atom is -0.241 e. The van der Waals surface area contributed by atoms with Gasteiger partial charge in [0.2, 0.25) is 0 Å². The Morgan fingerprint density at radius 2 is 2.08 bits per heavy atom. The molecular formula is C10H7BrIN. The van der Waals surface area contributed by atoms with Crippen molar-refractivity contribution < 1.29 is 0 Å². The minimum absolute atomic E-state index is 0.902. The van der Waals surface area contributed by atoms with Crippen LogP contribution in [0.2, 0.25) is 0 Å². The number of fused-ring (bicyclic) bond motifs is 1. The van der Waals surface area contributed by atoms with E-state index in [2.05, 4.69) is 68.6 Å². The van der Waals surface area contributed by atoms with Gasteiger partial charge >= 0.3 is 0 Å². The molecule has 0 N–H and O–H groups in total. The highest BCUT2D eigenvalue weighted by molar-refractivity contribution is 14.1. The second-order valence-corrected chi connectivity index (χ2v) is 4.98. The van der Waals surface area contributed by atoms with Gasteiger partial charge in [0.25, 0.3) is 0 Å². The van der Waals surface area contributed by atoms with Gasteiger partial charge < -0.3 is 0 Å². The Bertz CT molecular complexity index is 468. The maximum atomic E-state index is 4.39. The van der Waals surface area contributed by atoms with Crippen molar-refractivity contribution in [2.75, 3.05) is 0 Å². The molecule has 1 nitrogen and oxygen atoms in total. The van der Waals surface area contributed by atoms with Gasteiger partial charge in [-0.1, -0.05) is 0 Å². The van der Waals surface area contributed by atoms with Crippen molar-refractivity contribution >= 4 is 49.4 Å². The number of nitrogens with zero attached hydrogens (tertiary/aromatic N) is 1. The highest BCUT2D eigenvalue weighted by atomic mass is 127. The van der Waals surface area contributed by atoms with Crippen LogP contribution in [0.3, 0.4) is 0 Å². The third kappa shape index (κ3) is 1.86. The van der Waals surface area contributed by atoms with Crippen LogP contribution < -0.4 is 0 Å². The number of benzene rings is 1. The molecule has 66 valence electrons. The molecule has 1 aromatic carbocycles. The molecule has 1 heterocycles. The first kappa shape index (κ1) is 9.40. The number of aryl methyl sites for hydroxylation is 1. The number of aromatic nitrogens is 1. The van der Waals surface area contributed by atoms with Crippen molar-refractivity contribution in [1.29, 1.82) is 0 Å². The largest absolute Gasteiger partial charge is 0.241 e. The molecule has 0 aliphatic heterocycles. The van der Waals surface area contributed by atoms with Crippen LogP contribution in [0, 0.1) is 10.5 Å². The summed E-state index contributed by atoms with van der Waals surface area (Å²) >= 11 is 5.70. The van der Waals surface area contributed by atoms with Crippen LogP contribution in [0.5, 0.6) is 0 Å². The van der Waals surface area contributed by atoms with Crippen LogP contribution in [0.25, 0.3) is 10.9 Å². The van der Waals surface area contributed by atoms with Gasteiger partial charge in [0.15, 0.2) is 0 Å². The van der Waals surface area contributed by atoms with Gasteiger partial charge in [-0.15, -0.1) is 0 Å². The Balaban J connectivity index is 2.87. The fourth-order valence-corrected chi connectivity index (χ4v) is 2.35. The van der Waals surface area contributed by atoms with E-state index in [0.717, 1.165) is 10.1 Å². The summed E-state index contributed by atoms with van der Waals surface area (Å²) in [6.45, 7) is 2.10. The summed E-state index contributed by atoms with van der Waals surface area (Å²) in [6.07, 6.45) is 0. The van der Waals surface area contributed by atoms with Crippen molar-refractivity contribution in [1.82, 2.24) is 4.98 Å². The number of hydrogen-bond acceptors (Lipinski definition) is 1. The van der Waals surface area contributed by atoms with Crippen LogP contribution in [-0.2, 0) is 0 Å². The van der Waals surface area contributed by atoms with Crippen molar-refractivity contribution in [3.63, 3.8) is 0 Å². The van der Waals surface area contributed by atoms with E-state index in [4.69, 9.17) is 0 Å². The highest BCUT2D eigenvalue weighted by Gasteiger charge is 2.00. The van der Waals surface area contributed by atoms with Gasteiger partial charge in [-0.25, -0.2) is 4.98 Å². The third-order valence-electron chi connectivity index (χ3n) is 1.95. The maximum Gasteiger partial charge on any atom is 0.107 e. The molecule has 13 heavy (non-hydrogen) atoms. The fraction of sp³-hybridized carbons (Fsp3) is 0.100. The molecule has 0 saturated carbocycles. The molecule has 0 spiro atoms. The third-order valence-corrected chi connectivity index (χ3v) is 3.02. The predicted octanol–water partition coefficient (Wildman–Crippen LogP) is 3.91. The lowest BCUT2D eigenvalue weighted by Gasteiger charge is -2.02. The fourth-order valence-electron chi connectivity index (χ4n) is 1.33. The Morgan fingerprint density at radius 3 is 2.85 bits per heavy atom. The molecule has 3 heteroatoms. The van der Waals surface area contributed by atoms with Crippen molar-refractivity contribution in [3.8, 4) is 0 Å². The first-order valence-corrected chi connectivity index (χ1v) is 5.76. The van der Waals surface area contributed by atoms with Crippen molar-refractivity contribution in [2.45, 2.75) is 6.92 Å². The predicted molar refractivity (Wildman–Crippen MR) is 66.9 cm³/mol. The molecule has 0 amide bonds. The second kappa shape index (κ2) is 3.53. The Hall–Kier alpha value is -0.160. The molecule has 2 aromatic rings. The minimum atomic E-state index is 0.902. The van der Waals surface area contributed by atoms with Gasteiger partial charge in [0.1, 0.15) is 4.60 Å². The summed E-state index contributed by atoms with van der Waals surface area (Å²) in [5.41, 5.74) is 2.31. The summed E-state index contributed by atoms with van der Waals surface area (Å²) in [7, 11) is 0. The summed E-state index contributed by atoms with van der Waals surface area (Å²) in [5.74, 6) is 0. The molecule has 0 aliphatic rings. The molecule has 0 bridgehead atoms. The monoisotopic (exact) mass is 347 g/mol. The van der Waals surface area contributed by atoms with Crippen LogP contribution in [0.4, 0.5) is 0 Å². The molecule has 0 fully saturated rings. The van der Waals surface area contributed by atoms with Gasteiger partial charge in [-0.05, 0) is 75.3 Å². The molecule has 0 radical (unpaired) electrons. The zero-order valence-corrected chi connectivity index (χ0v) is 10.8. The van der Waals surface area contributed by atoms with E-state index in [-0.39, 0.29) is 0 Å². The van der Waals surface area contributed by atoms with E-state index in [1.54, 1.807) is 0 Å². The van der Waals surface area contributed by atoms with E-state index in [0.29, 0.717) is 0 Å². The summed E-state index contributed by atoms with van der Waals surface area (Å²) < 4.78 is 2.15. The second-order valence-electron chi connectivity index (χ2n) is 2.92. The summed E-state index contributed by atoms with van der Waals surface area (Å²) in [6, 6.07) is 8.32. The topological polar surface area (TPSA) is 12.9 Å². The number of rotatable bonds is 0. The molecule has 2 rings (SSSR count). The molecule has 1 aromatic heterocycles. The van der Waals surface area contributed by atoms with Gasteiger partial charge in [0.05, 0.1) is 5.52 Å². The first-order valence-electron chi connectivity index (χ1n) is 3.89. The quantitative estimate of drug-likeness (QED) is 0.520. The lowest BCUT2D eigenvalue weighted by molar-refractivity contribution is 1.31.